The van der Waals surface area contributed by atoms with E-state index in [1.165, 1.54) is 7.05 Å². The first-order valence-electron chi connectivity index (χ1n) is 7.66. The van der Waals surface area contributed by atoms with Gasteiger partial charge in [-0.25, -0.2) is 0 Å². The van der Waals surface area contributed by atoms with E-state index >= 15 is 0 Å². The summed E-state index contributed by atoms with van der Waals surface area (Å²) < 4.78 is 0. The molecule has 0 fully saturated rings. The zero-order valence-electron chi connectivity index (χ0n) is 13.6. The smallest absolute Gasteiger partial charge is 0.287 e. The van der Waals surface area contributed by atoms with Crippen LogP contribution in [0.3, 0.4) is 0 Å². The molecule has 1 heterocycles. The van der Waals surface area contributed by atoms with E-state index in [0.717, 1.165) is 16.5 Å². The molecule has 25 heavy (non-hydrogen) atoms. The second kappa shape index (κ2) is 6.56. The van der Waals surface area contributed by atoms with Crippen molar-refractivity contribution in [3.05, 3.63) is 76.7 Å². The van der Waals surface area contributed by atoms with Crippen LogP contribution in [0.1, 0.15) is 27.5 Å². The first kappa shape index (κ1) is 16.4. The number of benzene rings is 2. The Bertz CT molecular complexity index is 892. The molecule has 0 spiro atoms. The van der Waals surface area contributed by atoms with Crippen LogP contribution in [0, 0.1) is 4.91 Å². The largest absolute Gasteiger partial charge is 0.355 e. The Morgan fingerprint density at radius 3 is 2.72 bits per heavy atom. The lowest BCUT2D eigenvalue weighted by molar-refractivity contribution is -0.544. The molecule has 2 aromatic rings. The Balaban J connectivity index is 2.10. The van der Waals surface area contributed by atoms with Crippen LogP contribution in [-0.4, -0.2) is 23.7 Å². The molecule has 7 heteroatoms. The Labute approximate surface area is 144 Å². The predicted molar refractivity (Wildman–Crippen MR) is 94.2 cm³/mol. The molecule has 0 bridgehead atoms. The average molecular weight is 337 g/mol. The second-order valence-electron chi connectivity index (χ2n) is 5.54. The van der Waals surface area contributed by atoms with E-state index in [-0.39, 0.29) is 5.91 Å². The normalized spacial score (nSPS) is 15.1. The monoisotopic (exact) mass is 337 g/mol. The van der Waals surface area contributed by atoms with Gasteiger partial charge in [-0.3, -0.25) is 9.59 Å². The minimum absolute atomic E-state index is 0.312. The van der Waals surface area contributed by atoms with Crippen molar-refractivity contribution in [1.82, 2.24) is 5.32 Å². The minimum atomic E-state index is -0.625. The summed E-state index contributed by atoms with van der Waals surface area (Å²) in [5.41, 5.74) is 5.62. The number of nitrogens with one attached hydrogen (secondary N) is 3. The Morgan fingerprint density at radius 2 is 2.00 bits per heavy atom. The van der Waals surface area contributed by atoms with Gasteiger partial charge in [0.1, 0.15) is 10.6 Å². The van der Waals surface area contributed by atoms with Gasteiger partial charge in [0.05, 0.1) is 10.5 Å². The molecule has 1 aliphatic rings. The van der Waals surface area contributed by atoms with Crippen molar-refractivity contribution in [3.63, 3.8) is 0 Å². The van der Waals surface area contributed by atoms with Crippen molar-refractivity contribution in [2.24, 2.45) is 0 Å². The quantitative estimate of drug-likeness (QED) is 0.590. The third kappa shape index (κ3) is 3.12. The molecule has 0 aliphatic carbocycles. The Hall–Kier alpha value is -3.48. The van der Waals surface area contributed by atoms with Gasteiger partial charge in [0.25, 0.3) is 11.9 Å². The Kier molecular flexibility index (Phi) is 4.30. The standard InChI is InChI=1S/C18H16N4O3/c1-3-16(23)20-13-9-11(8-12(10-13)18(24)19-2)17-14-6-4-5-7-15(14)21-22(17)25/h3-10,17H,1H2,2H3,(H2-,19,20,21,23,24,25)/p+1. The fourth-order valence-electron chi connectivity index (χ4n) is 2.81. The maximum Gasteiger partial charge on any atom is 0.287 e. The molecule has 7 nitrogen and oxygen atoms in total. The summed E-state index contributed by atoms with van der Waals surface area (Å²) in [5.74, 6) is -0.712. The van der Waals surface area contributed by atoms with Crippen LogP contribution >= 0.6 is 0 Å². The third-order valence-electron chi connectivity index (χ3n) is 3.93. The first-order chi connectivity index (χ1) is 12.0. The van der Waals surface area contributed by atoms with Gasteiger partial charge in [0, 0.05) is 23.9 Å². The third-order valence-corrected chi connectivity index (χ3v) is 3.93. The van der Waals surface area contributed by atoms with Crippen molar-refractivity contribution in [1.29, 1.82) is 0 Å². The van der Waals surface area contributed by atoms with Crippen LogP contribution in [0.15, 0.2) is 55.1 Å². The number of anilines is 2. The van der Waals surface area contributed by atoms with Gasteiger partial charge in [0.15, 0.2) is 0 Å². The molecular weight excluding hydrogens is 320 g/mol. The van der Waals surface area contributed by atoms with Crippen LogP contribution in [0.25, 0.3) is 0 Å². The number of carbonyl (C=O) groups excluding carboxylic acids is 2. The topological polar surface area (TPSA) is 90.3 Å². The van der Waals surface area contributed by atoms with Crippen molar-refractivity contribution in [2.45, 2.75) is 6.04 Å². The number of para-hydroxylation sites is 1. The summed E-state index contributed by atoms with van der Waals surface area (Å²) in [4.78, 5) is 36.8. The molecule has 2 amide bonds. The molecule has 0 saturated carbocycles. The molecule has 3 rings (SSSR count). The van der Waals surface area contributed by atoms with E-state index in [2.05, 4.69) is 22.6 Å². The van der Waals surface area contributed by atoms with Gasteiger partial charge in [0.2, 0.25) is 5.91 Å². The number of nitroso groups, excluding NO2 is 1. The highest BCUT2D eigenvalue weighted by Crippen LogP contribution is 2.37. The summed E-state index contributed by atoms with van der Waals surface area (Å²) in [7, 11) is 1.52. The highest BCUT2D eigenvalue weighted by molar-refractivity contribution is 6.01. The van der Waals surface area contributed by atoms with Gasteiger partial charge in [-0.2, -0.15) is 0 Å². The number of hydrazine groups is 1. The molecule has 126 valence electrons. The Morgan fingerprint density at radius 1 is 1.24 bits per heavy atom. The second-order valence-corrected chi connectivity index (χ2v) is 5.54. The van der Waals surface area contributed by atoms with Crippen LogP contribution in [0.5, 0.6) is 0 Å². The van der Waals surface area contributed by atoms with E-state index < -0.39 is 11.9 Å². The van der Waals surface area contributed by atoms with Crippen molar-refractivity contribution in [2.75, 3.05) is 17.8 Å². The van der Waals surface area contributed by atoms with Gasteiger partial charge in [-0.05, 0) is 36.4 Å². The number of fused-ring (bicyclic) bond motifs is 1. The van der Waals surface area contributed by atoms with Gasteiger partial charge in [-0.15, -0.1) is 5.43 Å². The number of hydrogen-bond acceptors (Lipinski definition) is 3. The maximum absolute atomic E-state index is 12.4. The summed E-state index contributed by atoms with van der Waals surface area (Å²) in [6.45, 7) is 3.41. The molecule has 1 unspecified atom stereocenters. The highest BCUT2D eigenvalue weighted by Gasteiger charge is 2.40. The van der Waals surface area contributed by atoms with E-state index in [0.29, 0.717) is 22.5 Å². The van der Waals surface area contributed by atoms with Crippen LogP contribution in [0.2, 0.25) is 0 Å². The van der Waals surface area contributed by atoms with Crippen LogP contribution in [0.4, 0.5) is 11.4 Å². The number of amides is 2. The predicted octanol–water partition coefficient (Wildman–Crippen LogP) is 2.38. The summed E-state index contributed by atoms with van der Waals surface area (Å²) in [6.07, 6.45) is 1.14. The summed E-state index contributed by atoms with van der Waals surface area (Å²) >= 11 is 0. The fourth-order valence-corrected chi connectivity index (χ4v) is 2.81. The van der Waals surface area contributed by atoms with Crippen molar-refractivity contribution < 1.29 is 14.5 Å². The van der Waals surface area contributed by atoms with Crippen LogP contribution < -0.4 is 16.1 Å². The molecular formula is C18H17N4O3+. The number of nitrogens with zero attached hydrogens (tertiary/aromatic N) is 1. The molecule has 0 radical (unpaired) electrons. The number of carbonyl (C=O) groups is 2. The molecule has 1 aliphatic heterocycles. The molecule has 0 saturated heterocycles. The van der Waals surface area contributed by atoms with E-state index in [1.54, 1.807) is 18.2 Å². The highest BCUT2D eigenvalue weighted by atomic mass is 16.3. The summed E-state index contributed by atoms with van der Waals surface area (Å²) in [5, 5.41) is 5.18. The van der Waals surface area contributed by atoms with Gasteiger partial charge < -0.3 is 10.6 Å². The van der Waals surface area contributed by atoms with Crippen LogP contribution in [-0.2, 0) is 4.79 Å². The molecule has 0 aromatic heterocycles. The van der Waals surface area contributed by atoms with Gasteiger partial charge >= 0.3 is 0 Å². The minimum Gasteiger partial charge on any atom is -0.355 e. The molecule has 1 atom stereocenters. The van der Waals surface area contributed by atoms with E-state index in [9.17, 15) is 14.5 Å². The lowest BCUT2D eigenvalue weighted by Crippen LogP contribution is -2.20. The van der Waals surface area contributed by atoms with E-state index in [4.69, 9.17) is 0 Å². The molecule has 2 aromatic carbocycles. The number of rotatable bonds is 4. The fraction of sp³-hybridized carbons (Fsp3) is 0.111. The first-order valence-corrected chi connectivity index (χ1v) is 7.66. The number of hydrogen-bond donors (Lipinski definition) is 3. The summed E-state index contributed by atoms with van der Waals surface area (Å²) in [6, 6.07) is 11.6. The lowest BCUT2D eigenvalue weighted by Gasteiger charge is -2.10. The van der Waals surface area contributed by atoms with Crippen molar-refractivity contribution in [3.8, 4) is 0 Å². The zero-order chi connectivity index (χ0) is 18.0. The average Bonchev–Trinajstić information content (AvgIpc) is 2.96. The zero-order valence-corrected chi connectivity index (χ0v) is 13.6. The lowest BCUT2D eigenvalue weighted by atomic mass is 9.96. The van der Waals surface area contributed by atoms with E-state index in [1.807, 2.05) is 24.3 Å². The SMILES string of the molecule is C=CC(=O)Nc1cc(C(=O)NC)cc(C2c3ccccc3N[N+]2=O)c1. The van der Waals surface area contributed by atoms with Crippen molar-refractivity contribution >= 4 is 23.2 Å². The molecule has 3 N–H and O–H groups in total. The maximum atomic E-state index is 12.4. The van der Waals surface area contributed by atoms with Gasteiger partial charge in [-0.1, -0.05) is 18.7 Å².